The van der Waals surface area contributed by atoms with Gasteiger partial charge in [-0.15, -0.1) is 0 Å². The van der Waals surface area contributed by atoms with Gasteiger partial charge < -0.3 is 10.0 Å². The number of nitrogens with zero attached hydrogens (tertiary/aromatic N) is 1. The maximum absolute atomic E-state index is 3.86. The van der Waals surface area contributed by atoms with E-state index in [1.807, 2.05) is 0 Å². The van der Waals surface area contributed by atoms with Crippen LogP contribution in [0.25, 0.3) is 16.7 Å². The van der Waals surface area contributed by atoms with Crippen molar-refractivity contribution in [1.82, 2.24) is 5.23 Å². The minimum atomic E-state index is 0. The number of nitrogens with one attached hydrogen (secondary N) is 1. The van der Waals surface area contributed by atoms with Gasteiger partial charge in [0.2, 0.25) is 0 Å². The largest absolute Gasteiger partial charge is 0.414 e. The van der Waals surface area contributed by atoms with E-state index in [4.69, 9.17) is 0 Å². The van der Waals surface area contributed by atoms with E-state index in [9.17, 15) is 0 Å². The van der Waals surface area contributed by atoms with E-state index in [0.29, 0.717) is 0 Å². The van der Waals surface area contributed by atoms with Gasteiger partial charge in [0.1, 0.15) is 0 Å². The molecule has 3 aliphatic rings. The standard InChI is InChI=1S/C24H19BN2.H2/c1-2-9-17(10-3-1)27-23-16-7-5-12-19(23)21-14-8-13-20-18-11-4-6-15-22(18)26-25(27)24(20)21;/h1-3,5,7-16,26H,4,6H2;1H. The van der Waals surface area contributed by atoms with Crippen LogP contribution in [-0.4, -0.2) is 6.98 Å². The minimum Gasteiger partial charge on any atom is -0.405 e. The third-order valence-electron chi connectivity index (χ3n) is 5.86. The second-order valence-electron chi connectivity index (χ2n) is 7.35. The highest BCUT2D eigenvalue weighted by Crippen LogP contribution is 2.42. The molecule has 0 spiro atoms. The lowest BCUT2D eigenvalue weighted by Crippen LogP contribution is -2.62. The molecule has 0 fully saturated rings. The van der Waals surface area contributed by atoms with Gasteiger partial charge >= 0.3 is 6.98 Å². The molecular formula is C24H21BN2. The van der Waals surface area contributed by atoms with Gasteiger partial charge in [0.05, 0.1) is 0 Å². The van der Waals surface area contributed by atoms with Crippen LogP contribution >= 0.6 is 0 Å². The van der Waals surface area contributed by atoms with Crippen LogP contribution < -0.4 is 15.5 Å². The molecule has 1 aliphatic carbocycles. The Balaban J connectivity index is 0.00000171. The van der Waals surface area contributed by atoms with Crippen molar-refractivity contribution in [3.05, 3.63) is 96.2 Å². The zero-order valence-electron chi connectivity index (χ0n) is 15.0. The second kappa shape index (κ2) is 5.65. The zero-order chi connectivity index (χ0) is 17.8. The molecule has 0 radical (unpaired) electrons. The van der Waals surface area contributed by atoms with E-state index >= 15 is 0 Å². The highest BCUT2D eigenvalue weighted by molar-refractivity contribution is 6.80. The molecule has 0 atom stereocenters. The SMILES string of the molecule is C1=C2NB3c4c(cccc4-c4ccccc4N3c3ccccc3)C2=CCC1.[HH]. The number of para-hydroxylation sites is 2. The fourth-order valence-electron chi connectivity index (χ4n) is 4.74. The van der Waals surface area contributed by atoms with E-state index in [1.165, 1.54) is 44.8 Å². The first-order chi connectivity index (χ1) is 13.4. The van der Waals surface area contributed by atoms with E-state index in [2.05, 4.69) is 95.0 Å². The summed E-state index contributed by atoms with van der Waals surface area (Å²) in [6.07, 6.45) is 6.97. The monoisotopic (exact) mass is 348 g/mol. The maximum Gasteiger partial charge on any atom is 0.414 e. The van der Waals surface area contributed by atoms with Gasteiger partial charge in [0, 0.05) is 24.1 Å². The highest BCUT2D eigenvalue weighted by Gasteiger charge is 2.42. The predicted molar refractivity (Wildman–Crippen MR) is 116 cm³/mol. The first-order valence-corrected chi connectivity index (χ1v) is 9.66. The van der Waals surface area contributed by atoms with Crippen LogP contribution in [0.3, 0.4) is 0 Å². The van der Waals surface area contributed by atoms with Crippen LogP contribution in [0.5, 0.6) is 0 Å². The van der Waals surface area contributed by atoms with Crippen molar-refractivity contribution < 1.29 is 1.43 Å². The van der Waals surface area contributed by atoms with E-state index in [-0.39, 0.29) is 8.41 Å². The topological polar surface area (TPSA) is 15.3 Å². The van der Waals surface area contributed by atoms with Crippen molar-refractivity contribution in [1.29, 1.82) is 0 Å². The van der Waals surface area contributed by atoms with Crippen molar-refractivity contribution in [3.63, 3.8) is 0 Å². The van der Waals surface area contributed by atoms with Crippen LogP contribution in [0.4, 0.5) is 11.4 Å². The summed E-state index contributed by atoms with van der Waals surface area (Å²) in [6.45, 7) is 0.106. The van der Waals surface area contributed by atoms with Crippen LogP contribution in [0.2, 0.25) is 0 Å². The number of allylic oxidation sites excluding steroid dienone is 3. The molecule has 3 aromatic carbocycles. The number of hydrogen-bond acceptors (Lipinski definition) is 2. The Morgan fingerprint density at radius 3 is 2.41 bits per heavy atom. The number of fused-ring (bicyclic) bond motifs is 4. The lowest BCUT2D eigenvalue weighted by Gasteiger charge is -2.43. The Bertz CT molecular complexity index is 1120. The summed E-state index contributed by atoms with van der Waals surface area (Å²) in [6, 6.07) is 26.2. The van der Waals surface area contributed by atoms with E-state index in [0.717, 1.165) is 12.8 Å². The Hall–Kier alpha value is -3.20. The third kappa shape index (κ3) is 2.09. The molecule has 0 saturated carbocycles. The van der Waals surface area contributed by atoms with Crippen molar-refractivity contribution in [2.45, 2.75) is 12.8 Å². The molecule has 0 bridgehead atoms. The molecule has 2 nitrogen and oxygen atoms in total. The average molecular weight is 348 g/mol. The number of rotatable bonds is 1. The summed E-state index contributed by atoms with van der Waals surface area (Å²) < 4.78 is 0. The first kappa shape index (κ1) is 14.9. The maximum atomic E-state index is 3.86. The Morgan fingerprint density at radius 2 is 1.48 bits per heavy atom. The summed E-state index contributed by atoms with van der Waals surface area (Å²) in [4.78, 5) is 2.45. The summed E-state index contributed by atoms with van der Waals surface area (Å²) in [5, 5.41) is 3.86. The molecule has 2 aliphatic heterocycles. The van der Waals surface area contributed by atoms with Gasteiger partial charge in [-0.05, 0) is 53.2 Å². The fraction of sp³-hybridized carbons (Fsp3) is 0.0833. The lowest BCUT2D eigenvalue weighted by atomic mass is 9.54. The zero-order valence-corrected chi connectivity index (χ0v) is 15.0. The average Bonchev–Trinajstić information content (AvgIpc) is 2.75. The Labute approximate surface area is 161 Å². The Kier molecular flexibility index (Phi) is 3.12. The molecule has 0 amide bonds. The smallest absolute Gasteiger partial charge is 0.405 e. The molecule has 0 saturated heterocycles. The molecular weight excluding hydrogens is 327 g/mol. The molecule has 2 heterocycles. The van der Waals surface area contributed by atoms with Gasteiger partial charge in [-0.1, -0.05) is 66.7 Å². The van der Waals surface area contributed by atoms with Gasteiger partial charge in [-0.2, -0.15) is 0 Å². The van der Waals surface area contributed by atoms with Crippen molar-refractivity contribution >= 4 is 29.4 Å². The molecule has 6 rings (SSSR count). The molecule has 0 aromatic heterocycles. The van der Waals surface area contributed by atoms with Crippen molar-refractivity contribution in [2.24, 2.45) is 0 Å². The minimum absolute atomic E-state index is 0. The highest BCUT2D eigenvalue weighted by atomic mass is 15.2. The molecule has 0 unspecified atom stereocenters. The van der Waals surface area contributed by atoms with Crippen molar-refractivity contribution in [3.8, 4) is 11.1 Å². The summed E-state index contributed by atoms with van der Waals surface area (Å²) in [5.74, 6) is 0. The van der Waals surface area contributed by atoms with Crippen LogP contribution in [0, 0.1) is 0 Å². The summed E-state index contributed by atoms with van der Waals surface area (Å²) >= 11 is 0. The quantitative estimate of drug-likeness (QED) is 0.615. The molecule has 130 valence electrons. The van der Waals surface area contributed by atoms with Gasteiger partial charge in [0.15, 0.2) is 0 Å². The number of hydrogen-bond donors (Lipinski definition) is 1. The summed E-state index contributed by atoms with van der Waals surface area (Å²) in [7, 11) is 0. The van der Waals surface area contributed by atoms with Crippen molar-refractivity contribution in [2.75, 3.05) is 4.81 Å². The van der Waals surface area contributed by atoms with Crippen LogP contribution in [0.15, 0.2) is 90.6 Å². The van der Waals surface area contributed by atoms with Gasteiger partial charge in [0.25, 0.3) is 0 Å². The number of anilines is 2. The Morgan fingerprint density at radius 1 is 0.741 bits per heavy atom. The number of benzene rings is 3. The first-order valence-electron chi connectivity index (χ1n) is 9.66. The molecule has 3 heteroatoms. The van der Waals surface area contributed by atoms with Gasteiger partial charge in [-0.3, -0.25) is 0 Å². The molecule has 3 aromatic rings. The summed E-state index contributed by atoms with van der Waals surface area (Å²) in [5.41, 5.74) is 10.5. The third-order valence-corrected chi connectivity index (χ3v) is 5.86. The van der Waals surface area contributed by atoms with Gasteiger partial charge in [-0.25, -0.2) is 0 Å². The molecule has 1 N–H and O–H groups in total. The van der Waals surface area contributed by atoms with Crippen LogP contribution in [0.1, 0.15) is 19.8 Å². The van der Waals surface area contributed by atoms with Crippen LogP contribution in [-0.2, 0) is 0 Å². The lowest BCUT2D eigenvalue weighted by molar-refractivity contribution is 0.990. The van der Waals surface area contributed by atoms with E-state index in [1.54, 1.807) is 0 Å². The normalized spacial score (nSPS) is 16.4. The second-order valence-corrected chi connectivity index (χ2v) is 7.35. The van der Waals surface area contributed by atoms with E-state index < -0.39 is 0 Å². The fourth-order valence-corrected chi connectivity index (χ4v) is 4.74. The predicted octanol–water partition coefficient (Wildman–Crippen LogP) is 5.11. The molecule has 27 heavy (non-hydrogen) atoms.